The lowest BCUT2D eigenvalue weighted by Gasteiger charge is -2.33. The van der Waals surface area contributed by atoms with Crippen LogP contribution >= 0.6 is 27.3 Å². The fourth-order valence-electron chi connectivity index (χ4n) is 1.99. The van der Waals surface area contributed by atoms with Crippen molar-refractivity contribution in [2.24, 2.45) is 0 Å². The van der Waals surface area contributed by atoms with Crippen molar-refractivity contribution in [2.75, 3.05) is 38.1 Å². The molecule has 1 aromatic heterocycles. The van der Waals surface area contributed by atoms with Gasteiger partial charge in [-0.2, -0.15) is 4.31 Å². The molecule has 18 heavy (non-hydrogen) atoms. The second-order valence-corrected chi connectivity index (χ2v) is 8.55. The van der Waals surface area contributed by atoms with E-state index in [-0.39, 0.29) is 0 Å². The minimum Gasteiger partial charge on any atom is -0.300 e. The predicted molar refractivity (Wildman–Crippen MR) is 78.0 cm³/mol. The molecule has 1 fully saturated rings. The van der Waals surface area contributed by atoms with Crippen LogP contribution in [0.25, 0.3) is 0 Å². The third-order valence-electron chi connectivity index (χ3n) is 3.04. The van der Waals surface area contributed by atoms with E-state index in [0.29, 0.717) is 17.3 Å². The molecule has 0 aromatic carbocycles. The van der Waals surface area contributed by atoms with Crippen molar-refractivity contribution in [1.82, 2.24) is 9.21 Å². The number of hydrogen-bond acceptors (Lipinski definition) is 4. The quantitative estimate of drug-likeness (QED) is 0.775. The van der Waals surface area contributed by atoms with Gasteiger partial charge in [-0.15, -0.1) is 11.3 Å². The highest BCUT2D eigenvalue weighted by atomic mass is 79.9. The SMILES string of the molecule is Cc1ccc(S(=O)(=O)N2CCN(CCBr)CC2)s1. The van der Waals surface area contributed by atoms with Crippen molar-refractivity contribution in [3.05, 3.63) is 17.0 Å². The van der Waals surface area contributed by atoms with Gasteiger partial charge < -0.3 is 0 Å². The maximum atomic E-state index is 12.4. The molecular weight excluding hydrogens is 336 g/mol. The van der Waals surface area contributed by atoms with E-state index >= 15 is 0 Å². The smallest absolute Gasteiger partial charge is 0.252 e. The molecule has 4 nitrogen and oxygen atoms in total. The Morgan fingerprint density at radius 1 is 1.28 bits per heavy atom. The molecule has 0 spiro atoms. The van der Waals surface area contributed by atoms with Gasteiger partial charge in [0.05, 0.1) is 0 Å². The minimum atomic E-state index is -3.27. The summed E-state index contributed by atoms with van der Waals surface area (Å²) < 4.78 is 26.8. The van der Waals surface area contributed by atoms with Crippen LogP contribution in [0.15, 0.2) is 16.3 Å². The monoisotopic (exact) mass is 352 g/mol. The van der Waals surface area contributed by atoms with Crippen LogP contribution in [-0.4, -0.2) is 55.7 Å². The Morgan fingerprint density at radius 2 is 1.94 bits per heavy atom. The van der Waals surface area contributed by atoms with Crippen LogP contribution in [0, 0.1) is 6.92 Å². The third-order valence-corrected chi connectivity index (χ3v) is 6.76. The first kappa shape index (κ1) is 14.5. The Bertz CT molecular complexity index is 493. The van der Waals surface area contributed by atoms with Gasteiger partial charge in [0.2, 0.25) is 0 Å². The Hall–Kier alpha value is 0.0500. The van der Waals surface area contributed by atoms with Crippen molar-refractivity contribution in [3.63, 3.8) is 0 Å². The topological polar surface area (TPSA) is 40.6 Å². The molecule has 0 unspecified atom stereocenters. The summed E-state index contributed by atoms with van der Waals surface area (Å²) >= 11 is 4.76. The van der Waals surface area contributed by atoms with Crippen molar-refractivity contribution < 1.29 is 8.42 Å². The number of hydrogen-bond donors (Lipinski definition) is 0. The van der Waals surface area contributed by atoms with Gasteiger partial charge in [-0.3, -0.25) is 4.90 Å². The Kier molecular flexibility index (Phi) is 4.82. The molecule has 0 atom stereocenters. The van der Waals surface area contributed by atoms with E-state index in [4.69, 9.17) is 0 Å². The maximum Gasteiger partial charge on any atom is 0.252 e. The molecule has 2 rings (SSSR count). The molecule has 1 saturated heterocycles. The van der Waals surface area contributed by atoms with Crippen LogP contribution in [0.5, 0.6) is 0 Å². The number of alkyl halides is 1. The van der Waals surface area contributed by atoms with Gasteiger partial charge in [0.25, 0.3) is 10.0 Å². The number of rotatable bonds is 4. The molecule has 0 radical (unpaired) electrons. The van der Waals surface area contributed by atoms with Crippen LogP contribution in [0.4, 0.5) is 0 Å². The zero-order valence-corrected chi connectivity index (χ0v) is 13.5. The van der Waals surface area contributed by atoms with Crippen LogP contribution < -0.4 is 0 Å². The van der Waals surface area contributed by atoms with E-state index in [1.807, 2.05) is 13.0 Å². The van der Waals surface area contributed by atoms with Crippen LogP contribution in [0.2, 0.25) is 0 Å². The summed E-state index contributed by atoms with van der Waals surface area (Å²) in [7, 11) is -3.27. The van der Waals surface area contributed by atoms with E-state index in [0.717, 1.165) is 29.8 Å². The molecule has 0 bridgehead atoms. The Morgan fingerprint density at radius 3 is 2.44 bits per heavy atom. The lowest BCUT2D eigenvalue weighted by Crippen LogP contribution is -2.48. The first-order valence-electron chi connectivity index (χ1n) is 5.89. The molecule has 0 N–H and O–H groups in total. The molecule has 1 aromatic rings. The van der Waals surface area contributed by atoms with Crippen molar-refractivity contribution in [3.8, 4) is 0 Å². The summed E-state index contributed by atoms with van der Waals surface area (Å²) in [6.45, 7) is 5.71. The summed E-state index contributed by atoms with van der Waals surface area (Å²) in [5.41, 5.74) is 0. The molecule has 2 heterocycles. The number of piperazine rings is 1. The summed E-state index contributed by atoms with van der Waals surface area (Å²) in [4.78, 5) is 3.31. The van der Waals surface area contributed by atoms with E-state index in [9.17, 15) is 8.42 Å². The van der Waals surface area contributed by atoms with Gasteiger partial charge in [0.1, 0.15) is 4.21 Å². The average molecular weight is 353 g/mol. The second kappa shape index (κ2) is 6.00. The van der Waals surface area contributed by atoms with E-state index in [1.54, 1.807) is 10.4 Å². The predicted octanol–water partition coefficient (Wildman–Crippen LogP) is 1.76. The summed E-state index contributed by atoms with van der Waals surface area (Å²) in [5, 5.41) is 0.934. The number of sulfonamides is 1. The largest absolute Gasteiger partial charge is 0.300 e. The van der Waals surface area contributed by atoms with Gasteiger partial charge in [0, 0.05) is 42.9 Å². The highest BCUT2D eigenvalue weighted by Gasteiger charge is 2.29. The van der Waals surface area contributed by atoms with Crippen molar-refractivity contribution in [1.29, 1.82) is 0 Å². The van der Waals surface area contributed by atoms with Crippen molar-refractivity contribution in [2.45, 2.75) is 11.1 Å². The lowest BCUT2D eigenvalue weighted by atomic mass is 10.4. The Balaban J connectivity index is 2.05. The molecular formula is C11H17BrN2O2S2. The molecule has 0 saturated carbocycles. The second-order valence-electron chi connectivity index (χ2n) is 4.30. The van der Waals surface area contributed by atoms with E-state index in [2.05, 4.69) is 20.8 Å². The number of aryl methyl sites for hydroxylation is 1. The zero-order valence-electron chi connectivity index (χ0n) is 10.3. The lowest BCUT2D eigenvalue weighted by molar-refractivity contribution is 0.198. The van der Waals surface area contributed by atoms with Gasteiger partial charge in [-0.25, -0.2) is 8.42 Å². The average Bonchev–Trinajstić information content (AvgIpc) is 2.78. The number of nitrogens with zero attached hydrogens (tertiary/aromatic N) is 2. The maximum absolute atomic E-state index is 12.4. The summed E-state index contributed by atoms with van der Waals surface area (Å²) in [5.74, 6) is 0. The molecule has 7 heteroatoms. The zero-order chi connectivity index (χ0) is 13.2. The molecule has 102 valence electrons. The first-order valence-corrected chi connectivity index (χ1v) is 9.27. The van der Waals surface area contributed by atoms with Crippen LogP contribution in [0.1, 0.15) is 4.88 Å². The normalized spacial score (nSPS) is 19.2. The summed E-state index contributed by atoms with van der Waals surface area (Å²) in [6, 6.07) is 3.57. The minimum absolute atomic E-state index is 0.467. The third kappa shape index (κ3) is 3.14. The van der Waals surface area contributed by atoms with Gasteiger partial charge >= 0.3 is 0 Å². The first-order chi connectivity index (χ1) is 8.54. The van der Waals surface area contributed by atoms with Crippen LogP contribution in [0.3, 0.4) is 0 Å². The molecule has 1 aliphatic heterocycles. The molecule has 0 aliphatic carbocycles. The summed E-state index contributed by atoms with van der Waals surface area (Å²) in [6.07, 6.45) is 0. The van der Waals surface area contributed by atoms with E-state index < -0.39 is 10.0 Å². The fourth-order valence-corrected chi connectivity index (χ4v) is 5.35. The standard InChI is InChI=1S/C11H17BrN2O2S2/c1-10-2-3-11(17-10)18(15,16)14-8-6-13(5-4-12)7-9-14/h2-3H,4-9H2,1H3. The number of halogens is 1. The highest BCUT2D eigenvalue weighted by molar-refractivity contribution is 9.09. The molecule has 1 aliphatic rings. The highest BCUT2D eigenvalue weighted by Crippen LogP contribution is 2.25. The molecule has 0 amide bonds. The van der Waals surface area contributed by atoms with Crippen molar-refractivity contribution >= 4 is 37.3 Å². The van der Waals surface area contributed by atoms with Gasteiger partial charge in [-0.1, -0.05) is 15.9 Å². The van der Waals surface area contributed by atoms with E-state index in [1.165, 1.54) is 11.3 Å². The van der Waals surface area contributed by atoms with Gasteiger partial charge in [0.15, 0.2) is 0 Å². The fraction of sp³-hybridized carbons (Fsp3) is 0.636. The Labute approximate surface area is 121 Å². The van der Waals surface area contributed by atoms with Gasteiger partial charge in [-0.05, 0) is 19.1 Å². The van der Waals surface area contributed by atoms with Crippen LogP contribution in [-0.2, 0) is 10.0 Å². The number of thiophene rings is 1.